The monoisotopic (exact) mass is 340 g/mol. The maximum atomic E-state index is 12.1. The summed E-state index contributed by atoms with van der Waals surface area (Å²) in [6.45, 7) is 3.44. The molecular weight excluding hydrogens is 324 g/mol. The predicted molar refractivity (Wildman–Crippen MR) is 84.5 cm³/mol. The van der Waals surface area contributed by atoms with Crippen molar-refractivity contribution < 1.29 is 18.3 Å². The van der Waals surface area contributed by atoms with Gasteiger partial charge in [0, 0.05) is 0 Å². The molecule has 0 bridgehead atoms. The maximum absolute atomic E-state index is 12.1. The third-order valence-electron chi connectivity index (χ3n) is 3.09. The molecule has 2 aromatic rings. The fraction of sp³-hybridized carbons (Fsp3) is 0.286. The average Bonchev–Trinajstić information content (AvgIpc) is 2.81. The minimum absolute atomic E-state index is 0.00694. The number of aryl methyl sites for hydroxylation is 2. The lowest BCUT2D eigenvalue weighted by Crippen LogP contribution is -2.25. The third-order valence-corrected chi connectivity index (χ3v) is 5.51. The maximum Gasteiger partial charge on any atom is 0.347 e. The van der Waals surface area contributed by atoms with Crippen LogP contribution in [0.1, 0.15) is 31.5 Å². The van der Waals surface area contributed by atoms with Gasteiger partial charge in [-0.15, -0.1) is 11.3 Å². The van der Waals surface area contributed by atoms with E-state index in [2.05, 4.69) is 9.71 Å². The van der Waals surface area contributed by atoms with Crippen LogP contribution in [-0.2, 0) is 22.3 Å². The van der Waals surface area contributed by atoms with Gasteiger partial charge in [0.05, 0.1) is 18.0 Å². The Kier molecular flexibility index (Phi) is 4.94. The molecule has 0 spiro atoms. The highest BCUT2D eigenvalue weighted by Crippen LogP contribution is 2.18. The fourth-order valence-corrected chi connectivity index (χ4v) is 4.05. The summed E-state index contributed by atoms with van der Waals surface area (Å²) in [6.07, 6.45) is 0. The molecule has 0 amide bonds. The van der Waals surface area contributed by atoms with Gasteiger partial charge in [-0.25, -0.2) is 22.9 Å². The summed E-state index contributed by atoms with van der Waals surface area (Å²) < 4.78 is 26.7. The number of aromatic nitrogens is 1. The molecule has 2 rings (SSSR count). The Hall–Kier alpha value is -1.77. The SMILES string of the molecule is Cc1ccccc1CS(=O)(=O)NCc1nc(C)c(C(=O)O)s1. The molecule has 1 aromatic heterocycles. The Morgan fingerprint density at radius 1 is 1.32 bits per heavy atom. The van der Waals surface area contributed by atoms with Crippen LogP contribution in [0.4, 0.5) is 0 Å². The molecule has 22 heavy (non-hydrogen) atoms. The molecule has 0 saturated heterocycles. The van der Waals surface area contributed by atoms with Crippen LogP contribution in [-0.4, -0.2) is 24.5 Å². The van der Waals surface area contributed by atoms with Gasteiger partial charge in [-0.2, -0.15) is 0 Å². The number of nitrogens with one attached hydrogen (secondary N) is 1. The Morgan fingerprint density at radius 3 is 2.59 bits per heavy atom. The van der Waals surface area contributed by atoms with E-state index in [9.17, 15) is 13.2 Å². The van der Waals surface area contributed by atoms with Crippen LogP contribution in [0.3, 0.4) is 0 Å². The Balaban J connectivity index is 2.05. The molecule has 118 valence electrons. The molecule has 0 radical (unpaired) electrons. The summed E-state index contributed by atoms with van der Waals surface area (Å²) in [5.41, 5.74) is 2.04. The van der Waals surface area contributed by atoms with Gasteiger partial charge in [0.1, 0.15) is 9.88 Å². The topological polar surface area (TPSA) is 96.4 Å². The molecule has 2 N–H and O–H groups in total. The number of hydrogen-bond donors (Lipinski definition) is 2. The van der Waals surface area contributed by atoms with Crippen LogP contribution in [0, 0.1) is 13.8 Å². The second kappa shape index (κ2) is 6.55. The summed E-state index contributed by atoms with van der Waals surface area (Å²) in [4.78, 5) is 15.1. The van der Waals surface area contributed by atoms with Gasteiger partial charge in [0.2, 0.25) is 10.0 Å². The number of hydrogen-bond acceptors (Lipinski definition) is 5. The number of sulfonamides is 1. The lowest BCUT2D eigenvalue weighted by Gasteiger charge is -2.07. The highest BCUT2D eigenvalue weighted by molar-refractivity contribution is 7.88. The van der Waals surface area contributed by atoms with Gasteiger partial charge < -0.3 is 5.11 Å². The Bertz CT molecular complexity index is 797. The van der Waals surface area contributed by atoms with E-state index < -0.39 is 16.0 Å². The Morgan fingerprint density at radius 2 is 2.00 bits per heavy atom. The largest absolute Gasteiger partial charge is 0.477 e. The lowest BCUT2D eigenvalue weighted by molar-refractivity contribution is 0.0701. The summed E-state index contributed by atoms with van der Waals surface area (Å²) in [7, 11) is -3.51. The van der Waals surface area contributed by atoms with E-state index >= 15 is 0 Å². The van der Waals surface area contributed by atoms with E-state index in [1.165, 1.54) is 0 Å². The van der Waals surface area contributed by atoms with Gasteiger partial charge in [0.15, 0.2) is 0 Å². The first-order valence-electron chi connectivity index (χ1n) is 6.50. The number of rotatable bonds is 6. The van der Waals surface area contributed by atoms with E-state index in [-0.39, 0.29) is 17.2 Å². The number of aromatic carboxylic acids is 1. The average molecular weight is 340 g/mol. The van der Waals surface area contributed by atoms with Gasteiger partial charge in [-0.05, 0) is 25.0 Å². The molecule has 6 nitrogen and oxygen atoms in total. The predicted octanol–water partition coefficient (Wildman–Crippen LogP) is 2.08. The van der Waals surface area contributed by atoms with E-state index in [1.54, 1.807) is 19.1 Å². The van der Waals surface area contributed by atoms with Gasteiger partial charge in [0.25, 0.3) is 0 Å². The summed E-state index contributed by atoms with van der Waals surface area (Å²) in [6, 6.07) is 7.27. The molecule has 0 fully saturated rings. The smallest absolute Gasteiger partial charge is 0.347 e. The van der Waals surface area contributed by atoms with Crippen LogP contribution in [0.15, 0.2) is 24.3 Å². The van der Waals surface area contributed by atoms with Crippen molar-refractivity contribution in [2.45, 2.75) is 26.1 Å². The lowest BCUT2D eigenvalue weighted by atomic mass is 10.1. The van der Waals surface area contributed by atoms with Gasteiger partial charge >= 0.3 is 5.97 Å². The first-order chi connectivity index (χ1) is 10.3. The normalized spacial score (nSPS) is 11.5. The van der Waals surface area contributed by atoms with Gasteiger partial charge in [-0.3, -0.25) is 0 Å². The minimum atomic E-state index is -3.51. The zero-order valence-corrected chi connectivity index (χ0v) is 13.8. The first-order valence-corrected chi connectivity index (χ1v) is 8.97. The number of carboxylic acid groups (broad SMARTS) is 1. The van der Waals surface area contributed by atoms with E-state index in [0.717, 1.165) is 22.5 Å². The summed E-state index contributed by atoms with van der Waals surface area (Å²) >= 11 is 0.980. The Labute approximate surface area is 132 Å². The molecule has 0 unspecified atom stereocenters. The molecule has 1 aromatic carbocycles. The van der Waals surface area contributed by atoms with Crippen LogP contribution in [0.2, 0.25) is 0 Å². The van der Waals surface area contributed by atoms with Crippen molar-refractivity contribution in [1.82, 2.24) is 9.71 Å². The number of nitrogens with zero attached hydrogens (tertiary/aromatic N) is 1. The molecular formula is C14H16N2O4S2. The van der Waals surface area contributed by atoms with Crippen molar-refractivity contribution >= 4 is 27.3 Å². The van der Waals surface area contributed by atoms with Crippen molar-refractivity contribution in [3.05, 3.63) is 51.0 Å². The molecule has 8 heteroatoms. The molecule has 0 aliphatic carbocycles. The van der Waals surface area contributed by atoms with Crippen LogP contribution >= 0.6 is 11.3 Å². The molecule has 0 aliphatic rings. The highest BCUT2D eigenvalue weighted by atomic mass is 32.2. The van der Waals surface area contributed by atoms with Crippen LogP contribution in [0.25, 0.3) is 0 Å². The van der Waals surface area contributed by atoms with Crippen molar-refractivity contribution in [3.8, 4) is 0 Å². The zero-order chi connectivity index (χ0) is 16.3. The fourth-order valence-electron chi connectivity index (χ4n) is 1.93. The number of benzene rings is 1. The number of thiazole rings is 1. The number of carbonyl (C=O) groups is 1. The van der Waals surface area contributed by atoms with Crippen molar-refractivity contribution in [1.29, 1.82) is 0 Å². The minimum Gasteiger partial charge on any atom is -0.477 e. The van der Waals surface area contributed by atoms with Crippen molar-refractivity contribution in [2.24, 2.45) is 0 Å². The third kappa shape index (κ3) is 4.12. The van der Waals surface area contributed by atoms with Crippen molar-refractivity contribution in [3.63, 3.8) is 0 Å². The summed E-state index contributed by atoms with van der Waals surface area (Å²) in [5, 5.41) is 9.40. The quantitative estimate of drug-likeness (QED) is 0.839. The van der Waals surface area contributed by atoms with E-state index in [4.69, 9.17) is 5.11 Å². The highest BCUT2D eigenvalue weighted by Gasteiger charge is 2.17. The standard InChI is InChI=1S/C14H16N2O4S2/c1-9-5-3-4-6-11(9)8-22(19,20)15-7-12-16-10(2)13(21-12)14(17)18/h3-6,15H,7-8H2,1-2H3,(H,17,18). The van der Waals surface area contributed by atoms with Gasteiger partial charge in [-0.1, -0.05) is 24.3 Å². The van der Waals surface area contributed by atoms with E-state index in [0.29, 0.717) is 10.7 Å². The van der Waals surface area contributed by atoms with Crippen LogP contribution < -0.4 is 4.72 Å². The number of carboxylic acids is 1. The van der Waals surface area contributed by atoms with Crippen molar-refractivity contribution in [2.75, 3.05) is 0 Å². The zero-order valence-electron chi connectivity index (χ0n) is 12.2. The second-order valence-corrected chi connectivity index (χ2v) is 7.72. The van der Waals surface area contributed by atoms with Crippen LogP contribution in [0.5, 0.6) is 0 Å². The first kappa shape index (κ1) is 16.6. The molecule has 0 saturated carbocycles. The molecule has 0 atom stereocenters. The molecule has 1 heterocycles. The summed E-state index contributed by atoms with van der Waals surface area (Å²) in [5.74, 6) is -1.17. The second-order valence-electron chi connectivity index (χ2n) is 4.83. The van der Waals surface area contributed by atoms with E-state index in [1.807, 2.05) is 19.1 Å². The molecule has 0 aliphatic heterocycles.